The van der Waals surface area contributed by atoms with Gasteiger partial charge in [0.15, 0.2) is 11.5 Å². The second-order valence-corrected chi connectivity index (χ2v) is 7.73. The third-order valence-electron chi connectivity index (χ3n) is 5.29. The third-order valence-corrected chi connectivity index (χ3v) is 5.57. The van der Waals surface area contributed by atoms with Crippen LogP contribution >= 0.6 is 11.6 Å². The highest BCUT2D eigenvalue weighted by Crippen LogP contribution is 2.39. The van der Waals surface area contributed by atoms with Gasteiger partial charge in [-0.3, -0.25) is 4.79 Å². The van der Waals surface area contributed by atoms with Crippen LogP contribution in [0.1, 0.15) is 49.9 Å². The standard InChI is InChI=1S/C20H29ClN2O3/c1-3-10-26-18-16(21)11-15(12-17(18)25-4-2)19(24)23-9-5-6-20(14-23)7-8-22-13-20/h11-12,22H,3-10,13-14H2,1-2H3. The Hall–Kier alpha value is -1.46. The van der Waals surface area contributed by atoms with E-state index in [2.05, 4.69) is 5.32 Å². The fourth-order valence-corrected chi connectivity index (χ4v) is 4.27. The van der Waals surface area contributed by atoms with Gasteiger partial charge in [0.2, 0.25) is 0 Å². The summed E-state index contributed by atoms with van der Waals surface area (Å²) in [6, 6.07) is 3.49. The van der Waals surface area contributed by atoms with E-state index in [1.807, 2.05) is 18.7 Å². The van der Waals surface area contributed by atoms with Gasteiger partial charge >= 0.3 is 0 Å². The van der Waals surface area contributed by atoms with Gasteiger partial charge in [0.05, 0.1) is 18.2 Å². The van der Waals surface area contributed by atoms with Crippen LogP contribution < -0.4 is 14.8 Å². The first kappa shape index (κ1) is 19.3. The van der Waals surface area contributed by atoms with Crippen molar-refractivity contribution in [2.45, 2.75) is 39.5 Å². The summed E-state index contributed by atoms with van der Waals surface area (Å²) >= 11 is 6.42. The Bertz CT molecular complexity index is 644. The van der Waals surface area contributed by atoms with Gasteiger partial charge in [0.25, 0.3) is 5.91 Å². The number of carbonyl (C=O) groups is 1. The molecule has 0 saturated carbocycles. The molecule has 1 spiro atoms. The molecule has 3 rings (SSSR count). The minimum atomic E-state index is 0.0286. The molecule has 2 aliphatic rings. The Labute approximate surface area is 161 Å². The number of likely N-dealkylation sites (tertiary alicyclic amines) is 1. The van der Waals surface area contributed by atoms with Crippen molar-refractivity contribution in [1.82, 2.24) is 10.2 Å². The lowest BCUT2D eigenvalue weighted by atomic mass is 9.79. The van der Waals surface area contributed by atoms with Crippen molar-refractivity contribution in [3.05, 3.63) is 22.7 Å². The zero-order valence-corrected chi connectivity index (χ0v) is 16.5. The monoisotopic (exact) mass is 380 g/mol. The Morgan fingerprint density at radius 1 is 1.31 bits per heavy atom. The van der Waals surface area contributed by atoms with E-state index in [-0.39, 0.29) is 11.3 Å². The number of benzene rings is 1. The number of amides is 1. The van der Waals surface area contributed by atoms with Gasteiger partial charge < -0.3 is 19.7 Å². The Morgan fingerprint density at radius 2 is 2.15 bits per heavy atom. The molecule has 1 atom stereocenters. The molecule has 2 fully saturated rings. The molecule has 144 valence electrons. The largest absolute Gasteiger partial charge is 0.490 e. The fourth-order valence-electron chi connectivity index (χ4n) is 4.01. The molecule has 0 radical (unpaired) electrons. The van der Waals surface area contributed by atoms with Crippen LogP contribution in [0.15, 0.2) is 12.1 Å². The highest BCUT2D eigenvalue weighted by Gasteiger charge is 2.39. The van der Waals surface area contributed by atoms with E-state index in [1.54, 1.807) is 12.1 Å². The van der Waals surface area contributed by atoms with Gasteiger partial charge in [-0.15, -0.1) is 0 Å². The number of nitrogens with zero attached hydrogens (tertiary/aromatic N) is 1. The molecule has 5 nitrogen and oxygen atoms in total. The number of nitrogens with one attached hydrogen (secondary N) is 1. The van der Waals surface area contributed by atoms with Crippen molar-refractivity contribution >= 4 is 17.5 Å². The molecule has 1 aromatic rings. The quantitative estimate of drug-likeness (QED) is 0.816. The minimum Gasteiger partial charge on any atom is -0.490 e. The summed E-state index contributed by atoms with van der Waals surface area (Å²) in [5, 5.41) is 3.88. The smallest absolute Gasteiger partial charge is 0.254 e. The van der Waals surface area contributed by atoms with Gasteiger partial charge in [-0.1, -0.05) is 18.5 Å². The molecule has 0 aliphatic carbocycles. The number of carbonyl (C=O) groups excluding carboxylic acids is 1. The maximum absolute atomic E-state index is 13.1. The maximum Gasteiger partial charge on any atom is 0.254 e. The first-order chi connectivity index (χ1) is 12.6. The maximum atomic E-state index is 13.1. The minimum absolute atomic E-state index is 0.0286. The summed E-state index contributed by atoms with van der Waals surface area (Å²) in [5.41, 5.74) is 0.815. The Balaban J connectivity index is 1.82. The molecule has 26 heavy (non-hydrogen) atoms. The zero-order valence-electron chi connectivity index (χ0n) is 15.8. The highest BCUT2D eigenvalue weighted by molar-refractivity contribution is 6.32. The lowest BCUT2D eigenvalue weighted by Crippen LogP contribution is -2.47. The van der Waals surface area contributed by atoms with Crippen molar-refractivity contribution in [3.63, 3.8) is 0 Å². The van der Waals surface area contributed by atoms with Crippen molar-refractivity contribution in [3.8, 4) is 11.5 Å². The van der Waals surface area contributed by atoms with Crippen LogP contribution in [-0.2, 0) is 0 Å². The van der Waals surface area contributed by atoms with Crippen LogP contribution in [0.5, 0.6) is 11.5 Å². The summed E-state index contributed by atoms with van der Waals surface area (Å²) in [7, 11) is 0. The van der Waals surface area contributed by atoms with Crippen molar-refractivity contribution < 1.29 is 14.3 Å². The average Bonchev–Trinajstić information content (AvgIpc) is 3.08. The van der Waals surface area contributed by atoms with E-state index in [0.29, 0.717) is 35.3 Å². The number of hydrogen-bond donors (Lipinski definition) is 1. The highest BCUT2D eigenvalue weighted by atomic mass is 35.5. The van der Waals surface area contributed by atoms with E-state index >= 15 is 0 Å². The van der Waals surface area contributed by atoms with Crippen molar-refractivity contribution in [2.24, 2.45) is 5.41 Å². The molecule has 1 aromatic carbocycles. The predicted molar refractivity (Wildman–Crippen MR) is 103 cm³/mol. The van der Waals surface area contributed by atoms with Gasteiger partial charge in [0.1, 0.15) is 0 Å². The Morgan fingerprint density at radius 3 is 2.85 bits per heavy atom. The number of rotatable bonds is 6. The first-order valence-electron chi connectivity index (χ1n) is 9.68. The molecule has 6 heteroatoms. The topological polar surface area (TPSA) is 50.8 Å². The van der Waals surface area contributed by atoms with Crippen LogP contribution in [0.4, 0.5) is 0 Å². The molecule has 2 saturated heterocycles. The summed E-state index contributed by atoms with van der Waals surface area (Å²) in [5.74, 6) is 1.11. The Kier molecular flexibility index (Phi) is 6.30. The number of halogens is 1. The van der Waals surface area contributed by atoms with Crippen LogP contribution in [0.3, 0.4) is 0 Å². The zero-order chi connectivity index (χ0) is 18.6. The number of ether oxygens (including phenoxy) is 2. The molecule has 1 amide bonds. The average molecular weight is 381 g/mol. The molecule has 0 aromatic heterocycles. The molecule has 0 bridgehead atoms. The van der Waals surface area contributed by atoms with Crippen LogP contribution in [0.2, 0.25) is 5.02 Å². The predicted octanol–water partition coefficient (Wildman–Crippen LogP) is 3.74. The normalized spacial score (nSPS) is 22.7. The van der Waals surface area contributed by atoms with Gasteiger partial charge in [-0.2, -0.15) is 0 Å². The van der Waals surface area contributed by atoms with Crippen molar-refractivity contribution in [2.75, 3.05) is 39.4 Å². The van der Waals surface area contributed by atoms with E-state index in [9.17, 15) is 4.79 Å². The molecule has 2 heterocycles. The van der Waals surface area contributed by atoms with Crippen LogP contribution in [-0.4, -0.2) is 50.2 Å². The molecule has 1 N–H and O–H groups in total. The lowest BCUT2D eigenvalue weighted by molar-refractivity contribution is 0.0553. The van der Waals surface area contributed by atoms with Crippen LogP contribution in [0.25, 0.3) is 0 Å². The number of hydrogen-bond acceptors (Lipinski definition) is 4. The first-order valence-corrected chi connectivity index (χ1v) is 10.1. The molecule has 2 aliphatic heterocycles. The second kappa shape index (κ2) is 8.49. The fraction of sp³-hybridized carbons (Fsp3) is 0.650. The van der Waals surface area contributed by atoms with E-state index in [4.69, 9.17) is 21.1 Å². The van der Waals surface area contributed by atoms with E-state index in [1.165, 1.54) is 6.42 Å². The third kappa shape index (κ3) is 4.09. The molecular weight excluding hydrogens is 352 g/mol. The van der Waals surface area contributed by atoms with E-state index in [0.717, 1.165) is 45.4 Å². The SMILES string of the molecule is CCCOc1c(Cl)cc(C(=O)N2CCCC3(CCNC3)C2)cc1OCC. The summed E-state index contributed by atoms with van der Waals surface area (Å²) in [6.45, 7) is 8.68. The van der Waals surface area contributed by atoms with Gasteiger partial charge in [-0.05, 0) is 51.3 Å². The summed E-state index contributed by atoms with van der Waals surface area (Å²) < 4.78 is 11.4. The van der Waals surface area contributed by atoms with E-state index < -0.39 is 0 Å². The van der Waals surface area contributed by atoms with Crippen LogP contribution in [0, 0.1) is 5.41 Å². The number of piperidine rings is 1. The van der Waals surface area contributed by atoms with Gasteiger partial charge in [0, 0.05) is 30.6 Å². The second-order valence-electron chi connectivity index (χ2n) is 7.32. The summed E-state index contributed by atoms with van der Waals surface area (Å²) in [4.78, 5) is 15.1. The molecule has 1 unspecified atom stereocenters. The molecular formula is C20H29ClN2O3. The van der Waals surface area contributed by atoms with Crippen molar-refractivity contribution in [1.29, 1.82) is 0 Å². The lowest BCUT2D eigenvalue weighted by Gasteiger charge is -2.40. The summed E-state index contributed by atoms with van der Waals surface area (Å²) in [6.07, 6.45) is 4.27. The van der Waals surface area contributed by atoms with Gasteiger partial charge in [-0.25, -0.2) is 0 Å².